The molecule has 1 aromatic carbocycles. The third kappa shape index (κ3) is 3.94. The van der Waals surface area contributed by atoms with Crippen molar-refractivity contribution in [1.29, 1.82) is 0 Å². The van der Waals surface area contributed by atoms with Gasteiger partial charge in [-0.2, -0.15) is 13.2 Å². The standard InChI is InChI=1S/C12H14F3NO2/c1-3-18-10-6-4-9(5-7-10)8-16(2)11(17)12(13,14)15/h4-7H,3,8H2,1-2H3. The highest BCUT2D eigenvalue weighted by Crippen LogP contribution is 2.19. The van der Waals surface area contributed by atoms with Crippen LogP contribution in [0.3, 0.4) is 0 Å². The molecule has 0 heterocycles. The van der Waals surface area contributed by atoms with Crippen molar-refractivity contribution >= 4 is 5.91 Å². The van der Waals surface area contributed by atoms with E-state index in [2.05, 4.69) is 0 Å². The summed E-state index contributed by atoms with van der Waals surface area (Å²) in [6.07, 6.45) is -4.83. The first-order chi connectivity index (χ1) is 8.34. The molecule has 3 nitrogen and oxygen atoms in total. The average molecular weight is 261 g/mol. The molecular weight excluding hydrogens is 247 g/mol. The first kappa shape index (κ1) is 14.3. The molecule has 0 aromatic heterocycles. The monoisotopic (exact) mass is 261 g/mol. The van der Waals surface area contributed by atoms with E-state index in [9.17, 15) is 18.0 Å². The van der Waals surface area contributed by atoms with Crippen molar-refractivity contribution in [3.05, 3.63) is 29.8 Å². The minimum Gasteiger partial charge on any atom is -0.494 e. The number of halogens is 3. The molecule has 1 aromatic rings. The fraction of sp³-hybridized carbons (Fsp3) is 0.417. The van der Waals surface area contributed by atoms with Crippen LogP contribution < -0.4 is 4.74 Å². The highest BCUT2D eigenvalue weighted by molar-refractivity contribution is 5.81. The lowest BCUT2D eigenvalue weighted by Gasteiger charge is -2.18. The van der Waals surface area contributed by atoms with Crippen molar-refractivity contribution in [2.75, 3.05) is 13.7 Å². The van der Waals surface area contributed by atoms with E-state index in [4.69, 9.17) is 4.74 Å². The van der Waals surface area contributed by atoms with Gasteiger partial charge in [-0.3, -0.25) is 4.79 Å². The molecule has 0 aliphatic heterocycles. The Bertz CT molecular complexity index is 401. The van der Waals surface area contributed by atoms with E-state index >= 15 is 0 Å². The summed E-state index contributed by atoms with van der Waals surface area (Å²) in [6.45, 7) is 2.26. The predicted molar refractivity (Wildman–Crippen MR) is 60.1 cm³/mol. The van der Waals surface area contributed by atoms with E-state index in [-0.39, 0.29) is 6.54 Å². The number of carbonyl (C=O) groups excluding carboxylic acids is 1. The van der Waals surface area contributed by atoms with Gasteiger partial charge in [-0.15, -0.1) is 0 Å². The third-order valence-electron chi connectivity index (χ3n) is 2.24. The van der Waals surface area contributed by atoms with Gasteiger partial charge in [0.2, 0.25) is 0 Å². The lowest BCUT2D eigenvalue weighted by atomic mass is 10.2. The van der Waals surface area contributed by atoms with Crippen molar-refractivity contribution in [2.45, 2.75) is 19.6 Å². The van der Waals surface area contributed by atoms with Gasteiger partial charge >= 0.3 is 12.1 Å². The SMILES string of the molecule is CCOc1ccc(CN(C)C(=O)C(F)(F)F)cc1. The topological polar surface area (TPSA) is 29.5 Å². The van der Waals surface area contributed by atoms with Crippen LogP contribution in [0.25, 0.3) is 0 Å². The van der Waals surface area contributed by atoms with Crippen molar-refractivity contribution in [2.24, 2.45) is 0 Å². The number of hydrogen-bond acceptors (Lipinski definition) is 2. The number of rotatable bonds is 4. The summed E-state index contributed by atoms with van der Waals surface area (Å²) in [5, 5.41) is 0. The van der Waals surface area contributed by atoms with Gasteiger partial charge in [-0.1, -0.05) is 12.1 Å². The number of alkyl halides is 3. The van der Waals surface area contributed by atoms with Crippen LogP contribution >= 0.6 is 0 Å². The fourth-order valence-corrected chi connectivity index (χ4v) is 1.42. The van der Waals surface area contributed by atoms with Crippen LogP contribution in [0.4, 0.5) is 13.2 Å². The Morgan fingerprint density at radius 1 is 1.28 bits per heavy atom. The maximum absolute atomic E-state index is 12.2. The van der Waals surface area contributed by atoms with E-state index in [1.54, 1.807) is 24.3 Å². The number of ether oxygens (including phenoxy) is 1. The lowest BCUT2D eigenvalue weighted by molar-refractivity contribution is -0.184. The molecule has 0 saturated carbocycles. The van der Waals surface area contributed by atoms with Crippen molar-refractivity contribution in [3.8, 4) is 5.75 Å². The zero-order chi connectivity index (χ0) is 13.8. The molecule has 0 atom stereocenters. The van der Waals surface area contributed by atoms with E-state index in [0.29, 0.717) is 22.8 Å². The Hall–Kier alpha value is -1.72. The molecular formula is C12H14F3NO2. The zero-order valence-electron chi connectivity index (χ0n) is 10.1. The van der Waals surface area contributed by atoms with E-state index in [1.165, 1.54) is 0 Å². The third-order valence-corrected chi connectivity index (χ3v) is 2.24. The molecule has 6 heteroatoms. The van der Waals surface area contributed by atoms with Crippen LogP contribution in [0.2, 0.25) is 0 Å². The molecule has 0 saturated heterocycles. The van der Waals surface area contributed by atoms with Gasteiger partial charge in [-0.05, 0) is 24.6 Å². The Morgan fingerprint density at radius 3 is 2.28 bits per heavy atom. The minimum atomic E-state index is -4.83. The first-order valence-electron chi connectivity index (χ1n) is 5.38. The Morgan fingerprint density at radius 2 is 1.83 bits per heavy atom. The van der Waals surface area contributed by atoms with Gasteiger partial charge in [0.15, 0.2) is 0 Å². The molecule has 0 radical (unpaired) electrons. The fourth-order valence-electron chi connectivity index (χ4n) is 1.42. The molecule has 1 rings (SSSR count). The van der Waals surface area contributed by atoms with Crippen molar-refractivity contribution in [3.63, 3.8) is 0 Å². The number of benzene rings is 1. The maximum atomic E-state index is 12.2. The molecule has 0 N–H and O–H groups in total. The van der Waals surface area contributed by atoms with Gasteiger partial charge in [0.25, 0.3) is 0 Å². The Kier molecular flexibility index (Phi) is 4.58. The summed E-state index contributed by atoms with van der Waals surface area (Å²) in [6, 6.07) is 6.58. The van der Waals surface area contributed by atoms with Crippen LogP contribution in [-0.2, 0) is 11.3 Å². The summed E-state index contributed by atoms with van der Waals surface area (Å²) in [7, 11) is 1.12. The molecule has 0 bridgehead atoms. The molecule has 0 spiro atoms. The van der Waals surface area contributed by atoms with E-state index in [0.717, 1.165) is 7.05 Å². The van der Waals surface area contributed by atoms with Gasteiger partial charge in [0.1, 0.15) is 5.75 Å². The normalized spacial score (nSPS) is 11.2. The van der Waals surface area contributed by atoms with Gasteiger partial charge in [0, 0.05) is 13.6 Å². The molecule has 0 unspecified atom stereocenters. The highest BCUT2D eigenvalue weighted by Gasteiger charge is 2.41. The molecule has 0 aliphatic carbocycles. The molecule has 0 aliphatic rings. The number of amides is 1. The number of carbonyl (C=O) groups is 1. The van der Waals surface area contributed by atoms with Crippen LogP contribution in [0, 0.1) is 0 Å². The van der Waals surface area contributed by atoms with E-state index in [1.807, 2.05) is 6.92 Å². The second-order valence-electron chi connectivity index (χ2n) is 3.74. The van der Waals surface area contributed by atoms with Gasteiger partial charge < -0.3 is 9.64 Å². The maximum Gasteiger partial charge on any atom is 0.471 e. The van der Waals surface area contributed by atoms with Gasteiger partial charge in [-0.25, -0.2) is 0 Å². The molecule has 18 heavy (non-hydrogen) atoms. The highest BCUT2D eigenvalue weighted by atomic mass is 19.4. The Balaban J connectivity index is 2.65. The van der Waals surface area contributed by atoms with Crippen LogP contribution in [0.1, 0.15) is 12.5 Å². The first-order valence-corrected chi connectivity index (χ1v) is 5.38. The van der Waals surface area contributed by atoms with Crippen LogP contribution in [-0.4, -0.2) is 30.6 Å². The quantitative estimate of drug-likeness (QED) is 0.833. The number of nitrogens with zero attached hydrogens (tertiary/aromatic N) is 1. The van der Waals surface area contributed by atoms with Crippen molar-refractivity contribution < 1.29 is 22.7 Å². The van der Waals surface area contributed by atoms with Gasteiger partial charge in [0.05, 0.1) is 6.61 Å². The second-order valence-corrected chi connectivity index (χ2v) is 3.74. The summed E-state index contributed by atoms with van der Waals surface area (Å²) < 4.78 is 41.7. The van der Waals surface area contributed by atoms with E-state index < -0.39 is 12.1 Å². The number of hydrogen-bond donors (Lipinski definition) is 0. The summed E-state index contributed by atoms with van der Waals surface area (Å²) in [5.41, 5.74) is 0.610. The second kappa shape index (κ2) is 5.75. The summed E-state index contributed by atoms with van der Waals surface area (Å²) in [5.74, 6) is -1.21. The van der Waals surface area contributed by atoms with Crippen molar-refractivity contribution in [1.82, 2.24) is 4.90 Å². The predicted octanol–water partition coefficient (Wildman–Crippen LogP) is 2.61. The molecule has 100 valence electrons. The zero-order valence-corrected chi connectivity index (χ0v) is 10.1. The summed E-state index contributed by atoms with van der Waals surface area (Å²) in [4.78, 5) is 11.5. The Labute approximate surface area is 103 Å². The van der Waals surface area contributed by atoms with Crippen LogP contribution in [0.15, 0.2) is 24.3 Å². The lowest BCUT2D eigenvalue weighted by Crippen LogP contribution is -2.37. The average Bonchev–Trinajstić information content (AvgIpc) is 2.30. The summed E-state index contributed by atoms with van der Waals surface area (Å²) >= 11 is 0. The minimum absolute atomic E-state index is 0.0925. The smallest absolute Gasteiger partial charge is 0.471 e. The molecule has 0 fully saturated rings. The largest absolute Gasteiger partial charge is 0.494 e. The molecule has 1 amide bonds. The van der Waals surface area contributed by atoms with Crippen LogP contribution in [0.5, 0.6) is 5.75 Å².